The van der Waals surface area contributed by atoms with Gasteiger partial charge in [0.25, 0.3) is 5.22 Å². The maximum Gasteiger partial charge on any atom is 0.261 e. The Morgan fingerprint density at radius 2 is 2.11 bits per heavy atom. The molecule has 0 saturated heterocycles. The topological polar surface area (TPSA) is 95.1 Å². The van der Waals surface area contributed by atoms with Crippen LogP contribution in [0.3, 0.4) is 0 Å². The summed E-state index contributed by atoms with van der Waals surface area (Å²) in [7, 11) is 0. The number of benzene rings is 1. The Bertz CT molecular complexity index is 588. The van der Waals surface area contributed by atoms with E-state index in [0.29, 0.717) is 16.5 Å². The highest BCUT2D eigenvalue weighted by Crippen LogP contribution is 2.32. The van der Waals surface area contributed by atoms with Crippen LogP contribution >= 0.6 is 11.8 Å². The number of rotatable bonds is 3. The van der Waals surface area contributed by atoms with Crippen LogP contribution in [0.1, 0.15) is 21.8 Å². The van der Waals surface area contributed by atoms with E-state index in [0.717, 1.165) is 16.3 Å². The van der Waals surface area contributed by atoms with Gasteiger partial charge in [0.05, 0.1) is 5.69 Å². The van der Waals surface area contributed by atoms with Gasteiger partial charge in [-0.1, -0.05) is 0 Å². The SMILES string of the molecule is Cc1nc(Sc2ccc(C(N)=O)cc2N)oc1C. The summed E-state index contributed by atoms with van der Waals surface area (Å²) in [6.07, 6.45) is 0. The van der Waals surface area contributed by atoms with Crippen LogP contribution in [0.2, 0.25) is 0 Å². The average Bonchev–Trinajstić information content (AvgIpc) is 2.61. The minimum absolute atomic E-state index is 0.386. The van der Waals surface area contributed by atoms with Crippen LogP contribution in [-0.2, 0) is 0 Å². The quantitative estimate of drug-likeness (QED) is 0.827. The van der Waals surface area contributed by atoms with Gasteiger partial charge in [-0.25, -0.2) is 4.98 Å². The highest BCUT2D eigenvalue weighted by molar-refractivity contribution is 7.99. The molecule has 4 N–H and O–H groups in total. The molecule has 1 heterocycles. The standard InChI is InChI=1S/C12H13N3O2S/c1-6-7(2)17-12(15-6)18-10-4-3-8(11(14)16)5-9(10)13/h3-5H,13H2,1-2H3,(H2,14,16). The van der Waals surface area contributed by atoms with E-state index in [1.54, 1.807) is 18.2 Å². The third-order valence-corrected chi connectivity index (χ3v) is 3.44. The zero-order valence-corrected chi connectivity index (χ0v) is 10.9. The summed E-state index contributed by atoms with van der Waals surface area (Å²) in [5.74, 6) is 0.283. The second kappa shape index (κ2) is 4.73. The molecule has 0 aliphatic carbocycles. The summed E-state index contributed by atoms with van der Waals surface area (Å²) in [6, 6.07) is 4.91. The van der Waals surface area contributed by atoms with Gasteiger partial charge >= 0.3 is 0 Å². The molecule has 0 spiro atoms. The highest BCUT2D eigenvalue weighted by Gasteiger charge is 2.11. The van der Waals surface area contributed by atoms with Crippen LogP contribution in [0, 0.1) is 13.8 Å². The van der Waals surface area contributed by atoms with Crippen molar-refractivity contribution >= 4 is 23.4 Å². The first kappa shape index (κ1) is 12.5. The van der Waals surface area contributed by atoms with Crippen molar-refractivity contribution in [1.29, 1.82) is 0 Å². The molecule has 1 amide bonds. The fourth-order valence-electron chi connectivity index (χ4n) is 1.38. The van der Waals surface area contributed by atoms with Gasteiger partial charge in [0.2, 0.25) is 5.91 Å². The molecule has 0 bridgehead atoms. The Hall–Kier alpha value is -1.95. The summed E-state index contributed by atoms with van der Waals surface area (Å²) < 4.78 is 5.46. The van der Waals surface area contributed by atoms with Crippen molar-refractivity contribution in [3.05, 3.63) is 35.2 Å². The van der Waals surface area contributed by atoms with Gasteiger partial charge in [0.15, 0.2) is 0 Å². The van der Waals surface area contributed by atoms with Crippen molar-refractivity contribution < 1.29 is 9.21 Å². The molecule has 5 nitrogen and oxygen atoms in total. The first-order valence-corrected chi connectivity index (χ1v) is 6.10. The summed E-state index contributed by atoms with van der Waals surface area (Å²) in [4.78, 5) is 16.0. The van der Waals surface area contributed by atoms with Crippen LogP contribution < -0.4 is 11.5 Å². The van der Waals surface area contributed by atoms with Crippen molar-refractivity contribution in [2.24, 2.45) is 5.73 Å². The number of aryl methyl sites for hydroxylation is 2. The zero-order valence-electron chi connectivity index (χ0n) is 10.1. The van der Waals surface area contributed by atoms with E-state index in [4.69, 9.17) is 15.9 Å². The van der Waals surface area contributed by atoms with E-state index in [9.17, 15) is 4.79 Å². The highest BCUT2D eigenvalue weighted by atomic mass is 32.2. The molecule has 2 aromatic rings. The fourth-order valence-corrected chi connectivity index (χ4v) is 2.23. The summed E-state index contributed by atoms with van der Waals surface area (Å²) in [5, 5.41) is 0.531. The number of amides is 1. The smallest absolute Gasteiger partial charge is 0.261 e. The predicted molar refractivity (Wildman–Crippen MR) is 69.5 cm³/mol. The average molecular weight is 263 g/mol. The molecule has 18 heavy (non-hydrogen) atoms. The molecule has 1 aromatic carbocycles. The lowest BCUT2D eigenvalue weighted by Gasteiger charge is -2.03. The molecule has 0 saturated carbocycles. The monoisotopic (exact) mass is 263 g/mol. The van der Waals surface area contributed by atoms with Crippen LogP contribution in [0.4, 0.5) is 5.69 Å². The van der Waals surface area contributed by atoms with Crippen LogP contribution in [0.25, 0.3) is 0 Å². The van der Waals surface area contributed by atoms with Gasteiger partial charge in [0, 0.05) is 16.1 Å². The number of primary amides is 1. The van der Waals surface area contributed by atoms with Crippen molar-refractivity contribution in [3.8, 4) is 0 Å². The predicted octanol–water partition coefficient (Wildman–Crippen LogP) is 2.12. The molecular formula is C12H13N3O2S. The van der Waals surface area contributed by atoms with Gasteiger partial charge in [-0.05, 0) is 43.8 Å². The van der Waals surface area contributed by atoms with Crippen molar-refractivity contribution in [3.63, 3.8) is 0 Å². The lowest BCUT2D eigenvalue weighted by molar-refractivity contribution is 0.100. The maximum atomic E-state index is 11.0. The van der Waals surface area contributed by atoms with E-state index in [2.05, 4.69) is 4.98 Å². The second-order valence-corrected chi connectivity index (χ2v) is 4.83. The number of hydrogen-bond acceptors (Lipinski definition) is 5. The lowest BCUT2D eigenvalue weighted by atomic mass is 10.2. The van der Waals surface area contributed by atoms with Gasteiger partial charge in [-0.15, -0.1) is 0 Å². The van der Waals surface area contributed by atoms with Gasteiger partial charge in [0.1, 0.15) is 5.76 Å². The van der Waals surface area contributed by atoms with E-state index < -0.39 is 5.91 Å². The Labute approximate surface area is 109 Å². The van der Waals surface area contributed by atoms with Crippen molar-refractivity contribution in [2.75, 3.05) is 5.73 Å². The number of hydrogen-bond donors (Lipinski definition) is 2. The van der Waals surface area contributed by atoms with Gasteiger partial charge < -0.3 is 15.9 Å². The summed E-state index contributed by atoms with van der Waals surface area (Å²) in [5.41, 5.74) is 12.7. The molecular weight excluding hydrogens is 250 g/mol. The zero-order chi connectivity index (χ0) is 13.3. The number of anilines is 1. The molecule has 0 fully saturated rings. The first-order chi connectivity index (χ1) is 8.47. The number of carbonyl (C=O) groups excluding carboxylic acids is 1. The molecule has 0 aliphatic heterocycles. The number of oxazole rings is 1. The Morgan fingerprint density at radius 1 is 1.39 bits per heavy atom. The molecule has 6 heteroatoms. The van der Waals surface area contributed by atoms with Crippen LogP contribution in [-0.4, -0.2) is 10.9 Å². The Kier molecular flexibility index (Phi) is 3.29. The molecule has 0 unspecified atom stereocenters. The molecule has 2 rings (SSSR count). The van der Waals surface area contributed by atoms with E-state index >= 15 is 0 Å². The molecule has 94 valence electrons. The van der Waals surface area contributed by atoms with Crippen molar-refractivity contribution in [1.82, 2.24) is 4.98 Å². The minimum Gasteiger partial charge on any atom is -0.436 e. The van der Waals surface area contributed by atoms with Crippen LogP contribution in [0.15, 0.2) is 32.7 Å². The van der Waals surface area contributed by atoms with E-state index in [1.807, 2.05) is 13.8 Å². The summed E-state index contributed by atoms with van der Waals surface area (Å²) in [6.45, 7) is 3.73. The van der Waals surface area contributed by atoms with E-state index in [-0.39, 0.29) is 0 Å². The number of aromatic nitrogens is 1. The number of carbonyl (C=O) groups is 1. The molecule has 0 atom stereocenters. The summed E-state index contributed by atoms with van der Waals surface area (Å²) >= 11 is 1.31. The fraction of sp³-hybridized carbons (Fsp3) is 0.167. The first-order valence-electron chi connectivity index (χ1n) is 5.28. The second-order valence-electron chi connectivity index (χ2n) is 3.84. The van der Waals surface area contributed by atoms with Gasteiger partial charge in [-0.3, -0.25) is 4.79 Å². The van der Waals surface area contributed by atoms with E-state index in [1.165, 1.54) is 11.8 Å². The lowest BCUT2D eigenvalue weighted by Crippen LogP contribution is -2.11. The maximum absolute atomic E-state index is 11.0. The minimum atomic E-state index is -0.499. The third kappa shape index (κ3) is 2.48. The molecule has 1 aromatic heterocycles. The Morgan fingerprint density at radius 3 is 2.61 bits per heavy atom. The Balaban J connectivity index is 2.27. The number of nitrogens with two attached hydrogens (primary N) is 2. The normalized spacial score (nSPS) is 10.6. The number of nitrogens with zero attached hydrogens (tertiary/aromatic N) is 1. The number of nitrogen functional groups attached to an aromatic ring is 1. The molecule has 0 radical (unpaired) electrons. The molecule has 0 aliphatic rings. The van der Waals surface area contributed by atoms with Crippen LogP contribution in [0.5, 0.6) is 0 Å². The largest absolute Gasteiger partial charge is 0.436 e. The third-order valence-electron chi connectivity index (χ3n) is 2.50. The van der Waals surface area contributed by atoms with Gasteiger partial charge in [-0.2, -0.15) is 0 Å². The van der Waals surface area contributed by atoms with Crippen molar-refractivity contribution in [2.45, 2.75) is 24.0 Å².